The Morgan fingerprint density at radius 1 is 1.23 bits per heavy atom. The smallest absolute Gasteiger partial charge is 0.274 e. The summed E-state index contributed by atoms with van der Waals surface area (Å²) in [4.78, 5) is 22.2. The topological polar surface area (TPSA) is 58.1 Å². The molecule has 5 nitrogen and oxygen atoms in total. The predicted octanol–water partition coefficient (Wildman–Crippen LogP) is 3.25. The Hall–Kier alpha value is -2.21. The van der Waals surface area contributed by atoms with E-state index in [0.29, 0.717) is 17.2 Å². The van der Waals surface area contributed by atoms with Gasteiger partial charge in [0.05, 0.1) is 17.4 Å². The van der Waals surface area contributed by atoms with Gasteiger partial charge in [-0.15, -0.1) is 0 Å². The summed E-state index contributed by atoms with van der Waals surface area (Å²) in [5, 5.41) is 2.98. The summed E-state index contributed by atoms with van der Waals surface area (Å²) in [7, 11) is 0. The number of hydrogen-bond acceptors (Lipinski definition) is 4. The van der Waals surface area contributed by atoms with Crippen LogP contribution in [0.4, 0.5) is 15.9 Å². The van der Waals surface area contributed by atoms with Crippen molar-refractivity contribution in [1.29, 1.82) is 0 Å². The highest BCUT2D eigenvalue weighted by atomic mass is 35.5. The molecule has 0 saturated carbocycles. The van der Waals surface area contributed by atoms with Crippen molar-refractivity contribution in [2.75, 3.05) is 18.4 Å². The molecular weight excluding hydrogens is 307 g/mol. The number of benzene rings is 1. The van der Waals surface area contributed by atoms with Crippen molar-refractivity contribution in [3.63, 3.8) is 0 Å². The van der Waals surface area contributed by atoms with Crippen LogP contribution in [0, 0.1) is 5.82 Å². The maximum Gasteiger partial charge on any atom is 0.274 e. The number of amides is 1. The van der Waals surface area contributed by atoms with Crippen molar-refractivity contribution >= 4 is 29.0 Å². The molecule has 1 N–H and O–H groups in total. The molecule has 3 rings (SSSR count). The summed E-state index contributed by atoms with van der Waals surface area (Å²) >= 11 is 5.72. The molecule has 1 aromatic heterocycles. The maximum atomic E-state index is 13.1. The third kappa shape index (κ3) is 3.17. The Labute approximate surface area is 132 Å². The average Bonchev–Trinajstić information content (AvgIpc) is 3.05. The SMILES string of the molecule is O=C(c1cnc(Nc2ccc(F)c(Cl)c2)cn1)N1CCCC1. The van der Waals surface area contributed by atoms with E-state index in [1.807, 2.05) is 0 Å². The first-order valence-corrected chi connectivity index (χ1v) is 7.35. The van der Waals surface area contributed by atoms with Gasteiger partial charge in [-0.25, -0.2) is 14.4 Å². The molecule has 0 bridgehead atoms. The highest BCUT2D eigenvalue weighted by Gasteiger charge is 2.20. The first-order chi connectivity index (χ1) is 10.6. The highest BCUT2D eigenvalue weighted by molar-refractivity contribution is 6.31. The zero-order valence-corrected chi connectivity index (χ0v) is 12.5. The number of rotatable bonds is 3. The predicted molar refractivity (Wildman–Crippen MR) is 81.9 cm³/mol. The minimum Gasteiger partial charge on any atom is -0.339 e. The van der Waals surface area contributed by atoms with Gasteiger partial charge in [0.25, 0.3) is 5.91 Å². The number of hydrogen-bond donors (Lipinski definition) is 1. The lowest BCUT2D eigenvalue weighted by Crippen LogP contribution is -2.28. The Morgan fingerprint density at radius 3 is 2.64 bits per heavy atom. The first kappa shape index (κ1) is 14.7. The zero-order valence-electron chi connectivity index (χ0n) is 11.7. The third-order valence-electron chi connectivity index (χ3n) is 3.46. The van der Waals surface area contributed by atoms with Crippen LogP contribution in [-0.2, 0) is 0 Å². The van der Waals surface area contributed by atoms with Crippen LogP contribution < -0.4 is 5.32 Å². The van der Waals surface area contributed by atoms with Gasteiger partial charge in [-0.2, -0.15) is 0 Å². The number of aromatic nitrogens is 2. The Morgan fingerprint density at radius 2 is 2.00 bits per heavy atom. The van der Waals surface area contributed by atoms with Crippen LogP contribution in [0.15, 0.2) is 30.6 Å². The van der Waals surface area contributed by atoms with Crippen molar-refractivity contribution < 1.29 is 9.18 Å². The van der Waals surface area contributed by atoms with E-state index in [0.717, 1.165) is 25.9 Å². The number of nitrogens with zero attached hydrogens (tertiary/aromatic N) is 3. The number of likely N-dealkylation sites (tertiary alicyclic amines) is 1. The monoisotopic (exact) mass is 320 g/mol. The minimum atomic E-state index is -0.482. The van der Waals surface area contributed by atoms with E-state index in [1.54, 1.807) is 11.0 Å². The van der Waals surface area contributed by atoms with Gasteiger partial charge in [-0.1, -0.05) is 11.6 Å². The molecule has 0 aliphatic carbocycles. The lowest BCUT2D eigenvalue weighted by molar-refractivity contribution is 0.0786. The van der Waals surface area contributed by atoms with Crippen LogP contribution in [0.25, 0.3) is 0 Å². The molecular formula is C15H14ClFN4O. The molecule has 1 aromatic carbocycles. The second-order valence-electron chi connectivity index (χ2n) is 5.04. The van der Waals surface area contributed by atoms with Gasteiger partial charge in [0.1, 0.15) is 17.3 Å². The Bertz CT molecular complexity index is 686. The fourth-order valence-corrected chi connectivity index (χ4v) is 2.49. The molecule has 2 heterocycles. The van der Waals surface area contributed by atoms with Gasteiger partial charge < -0.3 is 10.2 Å². The summed E-state index contributed by atoms with van der Waals surface area (Å²) in [6.45, 7) is 1.54. The largest absolute Gasteiger partial charge is 0.339 e. The van der Waals surface area contributed by atoms with Crippen LogP contribution in [-0.4, -0.2) is 33.9 Å². The standard InChI is InChI=1S/C15H14ClFN4O/c16-11-7-10(3-4-12(11)17)20-14-9-18-13(8-19-14)15(22)21-5-1-2-6-21/h3-4,7-9H,1-2,5-6H2,(H,19,20). The van der Waals surface area contributed by atoms with E-state index < -0.39 is 5.82 Å². The van der Waals surface area contributed by atoms with Crippen LogP contribution in [0.1, 0.15) is 23.3 Å². The summed E-state index contributed by atoms with van der Waals surface area (Å²) < 4.78 is 13.1. The van der Waals surface area contributed by atoms with E-state index in [4.69, 9.17) is 11.6 Å². The number of halogens is 2. The lowest BCUT2D eigenvalue weighted by Gasteiger charge is -2.14. The summed E-state index contributed by atoms with van der Waals surface area (Å²) in [5.74, 6) is -0.119. The molecule has 2 aromatic rings. The molecule has 7 heteroatoms. The zero-order chi connectivity index (χ0) is 15.5. The lowest BCUT2D eigenvalue weighted by atomic mass is 10.3. The normalized spacial score (nSPS) is 14.2. The van der Waals surface area contributed by atoms with Gasteiger partial charge in [0, 0.05) is 18.8 Å². The van der Waals surface area contributed by atoms with Gasteiger partial charge in [0.15, 0.2) is 0 Å². The molecule has 0 unspecified atom stereocenters. The van der Waals surface area contributed by atoms with Gasteiger partial charge in [0.2, 0.25) is 0 Å². The fourth-order valence-electron chi connectivity index (χ4n) is 2.31. The highest BCUT2D eigenvalue weighted by Crippen LogP contribution is 2.21. The van der Waals surface area contributed by atoms with E-state index in [2.05, 4.69) is 15.3 Å². The average molecular weight is 321 g/mol. The summed E-state index contributed by atoms with van der Waals surface area (Å²) in [6.07, 6.45) is 4.98. The number of carbonyl (C=O) groups is 1. The molecule has 1 amide bonds. The van der Waals surface area contributed by atoms with Gasteiger partial charge >= 0.3 is 0 Å². The minimum absolute atomic E-state index is 0.0267. The molecule has 114 valence electrons. The van der Waals surface area contributed by atoms with Gasteiger partial charge in [-0.3, -0.25) is 4.79 Å². The molecule has 22 heavy (non-hydrogen) atoms. The van der Waals surface area contributed by atoms with Crippen molar-refractivity contribution in [3.8, 4) is 0 Å². The number of anilines is 2. The molecule has 1 saturated heterocycles. The van der Waals surface area contributed by atoms with Crippen LogP contribution in [0.2, 0.25) is 5.02 Å². The third-order valence-corrected chi connectivity index (χ3v) is 3.75. The maximum absolute atomic E-state index is 13.1. The molecule has 0 spiro atoms. The molecule has 0 radical (unpaired) electrons. The van der Waals surface area contributed by atoms with Crippen LogP contribution in [0.3, 0.4) is 0 Å². The van der Waals surface area contributed by atoms with Crippen LogP contribution in [0.5, 0.6) is 0 Å². The van der Waals surface area contributed by atoms with Crippen molar-refractivity contribution in [2.24, 2.45) is 0 Å². The fraction of sp³-hybridized carbons (Fsp3) is 0.267. The number of carbonyl (C=O) groups excluding carboxylic acids is 1. The van der Waals surface area contributed by atoms with E-state index >= 15 is 0 Å². The second kappa shape index (κ2) is 6.27. The van der Waals surface area contributed by atoms with Crippen molar-refractivity contribution in [2.45, 2.75) is 12.8 Å². The Kier molecular flexibility index (Phi) is 4.20. The molecule has 1 fully saturated rings. The summed E-state index contributed by atoms with van der Waals surface area (Å²) in [5.41, 5.74) is 0.920. The van der Waals surface area contributed by atoms with E-state index in [1.165, 1.54) is 24.5 Å². The molecule has 1 aliphatic heterocycles. The van der Waals surface area contributed by atoms with Crippen LogP contribution >= 0.6 is 11.6 Å². The van der Waals surface area contributed by atoms with Crippen molar-refractivity contribution in [3.05, 3.63) is 47.1 Å². The Balaban J connectivity index is 1.70. The first-order valence-electron chi connectivity index (χ1n) is 6.97. The van der Waals surface area contributed by atoms with Gasteiger partial charge in [-0.05, 0) is 31.0 Å². The molecule has 1 aliphatic rings. The molecule has 0 atom stereocenters. The quantitative estimate of drug-likeness (QED) is 0.943. The van der Waals surface area contributed by atoms with Crippen molar-refractivity contribution in [1.82, 2.24) is 14.9 Å². The van der Waals surface area contributed by atoms with E-state index in [-0.39, 0.29) is 10.9 Å². The van der Waals surface area contributed by atoms with E-state index in [9.17, 15) is 9.18 Å². The summed E-state index contributed by atoms with van der Waals surface area (Å²) in [6, 6.07) is 4.28. The second-order valence-corrected chi connectivity index (χ2v) is 5.45. The number of nitrogens with one attached hydrogen (secondary N) is 1.